The van der Waals surface area contributed by atoms with Gasteiger partial charge in [0.1, 0.15) is 4.88 Å². The molecular formula is C15H12BrNO3S2. The second-order valence-electron chi connectivity index (χ2n) is 5.67. The van der Waals surface area contributed by atoms with Crippen LogP contribution in [0.1, 0.15) is 37.8 Å². The summed E-state index contributed by atoms with van der Waals surface area (Å²) in [4.78, 5) is 28.4. The number of hydrogen-bond acceptors (Lipinski definition) is 4. The van der Waals surface area contributed by atoms with Crippen LogP contribution in [0.25, 0.3) is 0 Å². The molecule has 2 aliphatic rings. The van der Waals surface area contributed by atoms with E-state index in [1.165, 1.54) is 11.3 Å². The molecule has 114 valence electrons. The topological polar surface area (TPSA) is 57.6 Å². The number of hydrogen-bond donors (Lipinski definition) is 1. The maximum absolute atomic E-state index is 12.9. The lowest BCUT2D eigenvalue weighted by molar-refractivity contribution is -0.134. The summed E-state index contributed by atoms with van der Waals surface area (Å²) in [6, 6.07) is 4.03. The van der Waals surface area contributed by atoms with Gasteiger partial charge in [-0.05, 0) is 40.2 Å². The van der Waals surface area contributed by atoms with E-state index < -0.39 is 5.97 Å². The molecule has 1 aliphatic heterocycles. The van der Waals surface area contributed by atoms with Crippen LogP contribution in [0, 0.1) is 0 Å². The molecule has 0 radical (unpaired) electrons. The molecule has 2 aromatic heterocycles. The van der Waals surface area contributed by atoms with Crippen molar-refractivity contribution in [1.82, 2.24) is 4.90 Å². The van der Waals surface area contributed by atoms with Gasteiger partial charge in [0.25, 0.3) is 0 Å². The van der Waals surface area contributed by atoms with Gasteiger partial charge in [-0.2, -0.15) is 0 Å². The monoisotopic (exact) mass is 397 g/mol. The number of rotatable bonds is 3. The van der Waals surface area contributed by atoms with Crippen molar-refractivity contribution in [2.75, 3.05) is 0 Å². The van der Waals surface area contributed by atoms with Crippen molar-refractivity contribution < 1.29 is 14.7 Å². The van der Waals surface area contributed by atoms with E-state index in [-0.39, 0.29) is 11.3 Å². The lowest BCUT2D eigenvalue weighted by atomic mass is 10.0. The molecule has 1 aliphatic carbocycles. The summed E-state index contributed by atoms with van der Waals surface area (Å²) in [5, 5.41) is 11.2. The quantitative estimate of drug-likeness (QED) is 0.855. The molecule has 4 nitrogen and oxygen atoms in total. The van der Waals surface area contributed by atoms with Crippen LogP contribution < -0.4 is 0 Å². The van der Waals surface area contributed by atoms with Crippen molar-refractivity contribution in [2.45, 2.75) is 31.3 Å². The smallest absolute Gasteiger partial charge is 0.347 e. The Morgan fingerprint density at radius 2 is 2.09 bits per heavy atom. The molecule has 2 aromatic rings. The summed E-state index contributed by atoms with van der Waals surface area (Å²) in [5.74, 6) is -0.733. The lowest BCUT2D eigenvalue weighted by Crippen LogP contribution is -2.35. The van der Waals surface area contributed by atoms with Gasteiger partial charge in [-0.3, -0.25) is 4.79 Å². The van der Waals surface area contributed by atoms with Crippen LogP contribution in [0.5, 0.6) is 0 Å². The fourth-order valence-electron chi connectivity index (χ4n) is 3.02. The van der Waals surface area contributed by atoms with Crippen LogP contribution in [0.15, 0.2) is 22.0 Å². The van der Waals surface area contributed by atoms with Crippen molar-refractivity contribution in [2.24, 2.45) is 0 Å². The molecule has 0 unspecified atom stereocenters. The van der Waals surface area contributed by atoms with Crippen molar-refractivity contribution >= 4 is 50.5 Å². The standard InChI is InChI=1S/C15H12BrNO3S2/c16-11-8-6-17(7-9(8)22-12(11)13(18)19)14(20)15(3-4-15)10-2-1-5-21-10/h1-2,5H,3-4,6-7H2,(H,18,19). The molecule has 0 saturated heterocycles. The van der Waals surface area contributed by atoms with Crippen LogP contribution in [0.4, 0.5) is 0 Å². The molecule has 0 bridgehead atoms. The van der Waals surface area contributed by atoms with Crippen LogP contribution >= 0.6 is 38.6 Å². The van der Waals surface area contributed by atoms with Gasteiger partial charge in [0.2, 0.25) is 5.91 Å². The molecule has 4 rings (SSSR count). The largest absolute Gasteiger partial charge is 0.477 e. The molecule has 1 saturated carbocycles. The summed E-state index contributed by atoms with van der Waals surface area (Å²) in [6.07, 6.45) is 1.83. The van der Waals surface area contributed by atoms with Crippen molar-refractivity contribution in [3.63, 3.8) is 0 Å². The average Bonchev–Trinajstić information content (AvgIpc) is 2.89. The molecule has 0 atom stereocenters. The van der Waals surface area contributed by atoms with E-state index >= 15 is 0 Å². The first kappa shape index (κ1) is 14.4. The van der Waals surface area contributed by atoms with Gasteiger partial charge in [-0.1, -0.05) is 6.07 Å². The Morgan fingerprint density at radius 3 is 2.64 bits per heavy atom. The number of carboxylic acids is 1. The number of aromatic carboxylic acids is 1. The Hall–Kier alpha value is -1.18. The molecule has 0 spiro atoms. The summed E-state index contributed by atoms with van der Waals surface area (Å²) in [6.45, 7) is 1.03. The zero-order valence-corrected chi connectivity index (χ0v) is 14.7. The highest BCUT2D eigenvalue weighted by atomic mass is 79.9. The van der Waals surface area contributed by atoms with Crippen molar-refractivity contribution in [3.8, 4) is 0 Å². The Labute approximate surface area is 143 Å². The van der Waals surface area contributed by atoms with Gasteiger partial charge in [0, 0.05) is 26.3 Å². The third-order valence-corrected chi connectivity index (χ3v) is 7.76. The van der Waals surface area contributed by atoms with E-state index in [9.17, 15) is 9.59 Å². The third-order valence-electron chi connectivity index (χ3n) is 4.34. The number of fused-ring (bicyclic) bond motifs is 1. The highest BCUT2D eigenvalue weighted by molar-refractivity contribution is 9.10. The van der Waals surface area contributed by atoms with Gasteiger partial charge in [0.05, 0.1) is 12.0 Å². The number of amides is 1. The van der Waals surface area contributed by atoms with Crippen LogP contribution in [-0.2, 0) is 23.3 Å². The zero-order chi connectivity index (χ0) is 15.5. The van der Waals surface area contributed by atoms with Gasteiger partial charge in [-0.15, -0.1) is 22.7 Å². The minimum Gasteiger partial charge on any atom is -0.477 e. The molecule has 22 heavy (non-hydrogen) atoms. The van der Waals surface area contributed by atoms with E-state index in [4.69, 9.17) is 5.11 Å². The first-order valence-corrected chi connectivity index (χ1v) is 9.38. The molecule has 1 amide bonds. The highest BCUT2D eigenvalue weighted by Crippen LogP contribution is 2.52. The van der Waals surface area contributed by atoms with E-state index in [0.717, 1.165) is 28.2 Å². The molecule has 7 heteroatoms. The number of thiophene rings is 2. The molecule has 1 N–H and O–H groups in total. The molecule has 3 heterocycles. The normalized spacial score (nSPS) is 18.3. The Bertz CT molecular complexity index is 777. The summed E-state index contributed by atoms with van der Waals surface area (Å²) in [7, 11) is 0. The minimum atomic E-state index is -0.915. The molecule has 0 aromatic carbocycles. The first-order chi connectivity index (χ1) is 10.5. The summed E-state index contributed by atoms with van der Waals surface area (Å²) < 4.78 is 0.635. The van der Waals surface area contributed by atoms with Crippen LogP contribution in [-0.4, -0.2) is 21.9 Å². The van der Waals surface area contributed by atoms with Crippen LogP contribution in [0.3, 0.4) is 0 Å². The van der Waals surface area contributed by atoms with E-state index in [2.05, 4.69) is 15.9 Å². The molecule has 1 fully saturated rings. The Balaban J connectivity index is 1.59. The van der Waals surface area contributed by atoms with Crippen molar-refractivity contribution in [3.05, 3.63) is 42.2 Å². The minimum absolute atomic E-state index is 0.183. The maximum Gasteiger partial charge on any atom is 0.347 e. The maximum atomic E-state index is 12.9. The third kappa shape index (κ3) is 1.99. The fraction of sp³-hybridized carbons (Fsp3) is 0.333. The van der Waals surface area contributed by atoms with Gasteiger partial charge < -0.3 is 10.0 Å². The van der Waals surface area contributed by atoms with E-state index in [1.54, 1.807) is 11.3 Å². The van der Waals surface area contributed by atoms with Gasteiger partial charge >= 0.3 is 5.97 Å². The van der Waals surface area contributed by atoms with Crippen LogP contribution in [0.2, 0.25) is 0 Å². The number of nitrogens with zero attached hydrogens (tertiary/aromatic N) is 1. The number of halogens is 1. The fourth-order valence-corrected chi connectivity index (χ4v) is 5.96. The first-order valence-electron chi connectivity index (χ1n) is 6.89. The zero-order valence-electron chi connectivity index (χ0n) is 11.5. The highest BCUT2D eigenvalue weighted by Gasteiger charge is 2.54. The molecular weight excluding hydrogens is 386 g/mol. The van der Waals surface area contributed by atoms with Gasteiger partial charge in [-0.25, -0.2) is 4.79 Å². The Kier molecular flexibility index (Phi) is 3.22. The van der Waals surface area contributed by atoms with E-state index in [1.807, 2.05) is 22.4 Å². The van der Waals surface area contributed by atoms with E-state index in [0.29, 0.717) is 22.4 Å². The summed E-state index contributed by atoms with van der Waals surface area (Å²) >= 11 is 6.29. The number of carbonyl (C=O) groups excluding carboxylic acids is 1. The Morgan fingerprint density at radius 1 is 1.32 bits per heavy atom. The predicted octanol–water partition coefficient (Wildman–Crippen LogP) is 3.84. The lowest BCUT2D eigenvalue weighted by Gasteiger charge is -2.22. The second kappa shape index (κ2) is 4.91. The van der Waals surface area contributed by atoms with Gasteiger partial charge in [0.15, 0.2) is 0 Å². The number of carboxylic acid groups (broad SMARTS) is 1. The second-order valence-corrected chi connectivity index (χ2v) is 8.52. The summed E-state index contributed by atoms with van der Waals surface area (Å²) in [5.41, 5.74) is 0.641. The number of carbonyl (C=O) groups is 2. The average molecular weight is 398 g/mol. The van der Waals surface area contributed by atoms with Crippen molar-refractivity contribution in [1.29, 1.82) is 0 Å². The SMILES string of the molecule is O=C(O)c1sc2c(c1Br)CN(C(=O)C1(c3cccs3)CC1)C2. The predicted molar refractivity (Wildman–Crippen MR) is 88.5 cm³/mol.